The number of hydrogen-bond acceptors (Lipinski definition) is 6. The Bertz CT molecular complexity index is 1880. The summed E-state index contributed by atoms with van der Waals surface area (Å²) in [5.41, 5.74) is 6.80. The number of halogens is 1. The molecule has 9 nitrogen and oxygen atoms in total. The van der Waals surface area contributed by atoms with Crippen LogP contribution in [0.1, 0.15) is 5.56 Å². The van der Waals surface area contributed by atoms with E-state index in [0.717, 1.165) is 50.6 Å². The number of pyridine rings is 1. The molecule has 2 aromatic carbocycles. The van der Waals surface area contributed by atoms with Gasteiger partial charge < -0.3 is 4.98 Å². The average Bonchev–Trinajstić information content (AvgIpc) is 3.51. The molecule has 4 heterocycles. The molecule has 0 atom stereocenters. The van der Waals surface area contributed by atoms with Gasteiger partial charge in [0.05, 0.1) is 29.2 Å². The Labute approximate surface area is 210 Å². The van der Waals surface area contributed by atoms with Gasteiger partial charge in [-0.15, -0.1) is 0 Å². The maximum absolute atomic E-state index is 14.5. The van der Waals surface area contributed by atoms with Crippen molar-refractivity contribution in [2.75, 3.05) is 6.26 Å². The van der Waals surface area contributed by atoms with Crippen LogP contribution in [0.25, 0.3) is 55.4 Å². The summed E-state index contributed by atoms with van der Waals surface area (Å²) in [7, 11) is -3.41. The highest BCUT2D eigenvalue weighted by Gasteiger charge is 2.16. The Morgan fingerprint density at radius 1 is 0.865 bits per heavy atom. The molecule has 0 bridgehead atoms. The van der Waals surface area contributed by atoms with Crippen molar-refractivity contribution in [2.45, 2.75) is 6.54 Å². The minimum absolute atomic E-state index is 0.0145. The molecular weight excluding hydrogens is 493 g/mol. The first-order valence-electron chi connectivity index (χ1n) is 11.3. The third-order valence-electron chi connectivity index (χ3n) is 6.06. The van der Waals surface area contributed by atoms with Gasteiger partial charge in [0.25, 0.3) is 0 Å². The molecule has 0 amide bonds. The molecule has 0 aliphatic heterocycles. The first-order valence-corrected chi connectivity index (χ1v) is 13.2. The van der Waals surface area contributed by atoms with E-state index in [0.29, 0.717) is 16.7 Å². The summed E-state index contributed by atoms with van der Waals surface area (Å²) in [6.45, 7) is -0.0145. The third-order valence-corrected chi connectivity index (χ3v) is 6.73. The van der Waals surface area contributed by atoms with Crippen molar-refractivity contribution < 1.29 is 12.8 Å². The fraction of sp³-hybridized carbons (Fsp3) is 0.0769. The van der Waals surface area contributed by atoms with Crippen molar-refractivity contribution in [2.24, 2.45) is 0 Å². The van der Waals surface area contributed by atoms with Crippen LogP contribution < -0.4 is 4.72 Å². The number of rotatable bonds is 6. The van der Waals surface area contributed by atoms with Crippen LogP contribution in [0.15, 0.2) is 73.6 Å². The van der Waals surface area contributed by atoms with Gasteiger partial charge in [0, 0.05) is 47.0 Å². The number of hydrogen-bond donors (Lipinski definition) is 3. The SMILES string of the molecule is CS(=O)(=O)NCc1cc(F)cc(-c2cncc3[nH]c(-c4n[nH]c5ccc(-c6cncnc6)cc45)cc23)c1. The highest BCUT2D eigenvalue weighted by molar-refractivity contribution is 7.88. The van der Waals surface area contributed by atoms with Crippen molar-refractivity contribution in [3.63, 3.8) is 0 Å². The minimum atomic E-state index is -3.41. The van der Waals surface area contributed by atoms with Crippen LogP contribution >= 0.6 is 0 Å². The quantitative estimate of drug-likeness (QED) is 0.302. The molecule has 0 saturated heterocycles. The van der Waals surface area contributed by atoms with E-state index in [-0.39, 0.29) is 6.54 Å². The number of nitrogens with one attached hydrogen (secondary N) is 3. The van der Waals surface area contributed by atoms with Crippen LogP contribution in [0, 0.1) is 5.82 Å². The van der Waals surface area contributed by atoms with Crippen molar-refractivity contribution in [3.05, 3.63) is 85.0 Å². The molecule has 0 saturated carbocycles. The van der Waals surface area contributed by atoms with Crippen LogP contribution in [0.2, 0.25) is 0 Å². The van der Waals surface area contributed by atoms with Gasteiger partial charge in [0.2, 0.25) is 10.0 Å². The zero-order chi connectivity index (χ0) is 25.6. The van der Waals surface area contributed by atoms with E-state index < -0.39 is 15.8 Å². The van der Waals surface area contributed by atoms with E-state index in [2.05, 4.69) is 34.9 Å². The second kappa shape index (κ2) is 8.87. The molecule has 0 fully saturated rings. The maximum atomic E-state index is 14.5. The lowest BCUT2D eigenvalue weighted by Crippen LogP contribution is -2.21. The Hall–Kier alpha value is -4.48. The molecule has 0 unspecified atom stereocenters. The van der Waals surface area contributed by atoms with Crippen molar-refractivity contribution in [1.29, 1.82) is 0 Å². The van der Waals surface area contributed by atoms with Gasteiger partial charge in [-0.1, -0.05) is 6.07 Å². The number of fused-ring (bicyclic) bond motifs is 2. The summed E-state index contributed by atoms with van der Waals surface area (Å²) < 4.78 is 39.9. The van der Waals surface area contributed by atoms with Crippen LogP contribution in [0.5, 0.6) is 0 Å². The van der Waals surface area contributed by atoms with E-state index in [9.17, 15) is 12.8 Å². The van der Waals surface area contributed by atoms with E-state index in [1.807, 2.05) is 24.3 Å². The molecule has 0 aliphatic carbocycles. The molecule has 0 radical (unpaired) electrons. The lowest BCUT2D eigenvalue weighted by molar-refractivity contribution is 0.586. The predicted octanol–water partition coefficient (Wildman–Crippen LogP) is 4.42. The summed E-state index contributed by atoms with van der Waals surface area (Å²) in [5.74, 6) is -0.466. The maximum Gasteiger partial charge on any atom is 0.209 e. The lowest BCUT2D eigenvalue weighted by atomic mass is 10.0. The minimum Gasteiger partial charge on any atom is -0.352 e. The van der Waals surface area contributed by atoms with Crippen LogP contribution in [0.3, 0.4) is 0 Å². The van der Waals surface area contributed by atoms with Crippen LogP contribution in [-0.4, -0.2) is 44.8 Å². The summed E-state index contributed by atoms with van der Waals surface area (Å²) >= 11 is 0. The highest BCUT2D eigenvalue weighted by atomic mass is 32.2. The van der Waals surface area contributed by atoms with Gasteiger partial charge in [0.15, 0.2) is 0 Å². The van der Waals surface area contributed by atoms with Gasteiger partial charge in [0.1, 0.15) is 17.8 Å². The smallest absolute Gasteiger partial charge is 0.209 e. The lowest BCUT2D eigenvalue weighted by Gasteiger charge is -2.08. The monoisotopic (exact) mass is 513 g/mol. The van der Waals surface area contributed by atoms with Crippen molar-refractivity contribution >= 4 is 31.8 Å². The summed E-state index contributed by atoms with van der Waals surface area (Å²) in [6, 6.07) is 12.4. The van der Waals surface area contributed by atoms with Crippen molar-refractivity contribution in [3.8, 4) is 33.6 Å². The summed E-state index contributed by atoms with van der Waals surface area (Å²) in [6.07, 6.45) is 9.44. The zero-order valence-corrected chi connectivity index (χ0v) is 20.3. The van der Waals surface area contributed by atoms with E-state index >= 15 is 0 Å². The third kappa shape index (κ3) is 4.57. The number of sulfonamides is 1. The molecule has 6 aromatic rings. The highest BCUT2D eigenvalue weighted by Crippen LogP contribution is 2.35. The number of benzene rings is 2. The molecule has 184 valence electrons. The molecule has 0 aliphatic rings. The largest absolute Gasteiger partial charge is 0.352 e. The number of nitrogens with zero attached hydrogens (tertiary/aromatic N) is 4. The molecule has 6 rings (SSSR count). The Morgan fingerprint density at radius 3 is 2.51 bits per heavy atom. The molecular formula is C26H20FN7O2S. The first-order chi connectivity index (χ1) is 17.8. The molecule has 11 heteroatoms. The van der Waals surface area contributed by atoms with Gasteiger partial charge >= 0.3 is 0 Å². The van der Waals surface area contributed by atoms with E-state index in [4.69, 9.17) is 0 Å². The van der Waals surface area contributed by atoms with Crippen LogP contribution in [-0.2, 0) is 16.6 Å². The van der Waals surface area contributed by atoms with Gasteiger partial charge in [-0.3, -0.25) is 10.1 Å². The summed E-state index contributed by atoms with van der Waals surface area (Å²) in [5, 5.41) is 9.37. The second-order valence-corrected chi connectivity index (χ2v) is 10.6. The topological polar surface area (TPSA) is 129 Å². The van der Waals surface area contributed by atoms with E-state index in [1.165, 1.54) is 18.5 Å². The Kier molecular flexibility index (Phi) is 5.50. The Morgan fingerprint density at radius 2 is 1.70 bits per heavy atom. The summed E-state index contributed by atoms with van der Waals surface area (Å²) in [4.78, 5) is 15.9. The van der Waals surface area contributed by atoms with Crippen LogP contribution in [0.4, 0.5) is 4.39 Å². The number of aromatic amines is 2. The van der Waals surface area contributed by atoms with Gasteiger partial charge in [-0.25, -0.2) is 27.5 Å². The van der Waals surface area contributed by atoms with Gasteiger partial charge in [-0.05, 0) is 53.1 Å². The molecule has 3 N–H and O–H groups in total. The average molecular weight is 514 g/mol. The zero-order valence-electron chi connectivity index (χ0n) is 19.5. The first kappa shape index (κ1) is 23.0. The second-order valence-electron chi connectivity index (χ2n) is 8.73. The molecule has 4 aromatic heterocycles. The van der Waals surface area contributed by atoms with Gasteiger partial charge in [-0.2, -0.15) is 5.10 Å². The Balaban J connectivity index is 1.44. The number of H-pyrrole nitrogens is 2. The molecule has 0 spiro atoms. The fourth-order valence-electron chi connectivity index (χ4n) is 4.38. The standard InChI is InChI=1S/C26H20FN7O2S/c1-37(35,36)31-9-15-4-17(6-19(27)5-15)22-12-28-13-25-20(22)8-24(32-25)26-21-7-16(2-3-23(21)33-34-26)18-10-29-14-30-11-18/h2-8,10-14,31-32H,9H2,1H3,(H,33,34). The predicted molar refractivity (Wildman–Crippen MR) is 139 cm³/mol. The van der Waals surface area contributed by atoms with Crippen molar-refractivity contribution in [1.82, 2.24) is 34.9 Å². The normalized spacial score (nSPS) is 11.9. The number of aromatic nitrogens is 6. The molecule has 37 heavy (non-hydrogen) atoms. The van der Waals surface area contributed by atoms with E-state index in [1.54, 1.807) is 30.9 Å². The fourth-order valence-corrected chi connectivity index (χ4v) is 4.81.